The summed E-state index contributed by atoms with van der Waals surface area (Å²) in [7, 11) is 0. The molecule has 1 aromatic rings. The van der Waals surface area contributed by atoms with Crippen molar-refractivity contribution in [2.75, 3.05) is 0 Å². The highest BCUT2D eigenvalue weighted by atomic mass is 32.1. The molecular weight excluding hydrogens is 288 g/mol. The predicted octanol–water partition coefficient (Wildman–Crippen LogP) is 1.60. The Morgan fingerprint density at radius 2 is 2.14 bits per heavy atom. The standard InChI is InChI=1S/C14H20N4O2S/c1-7(2)16-13(19)12-8(3)11-9(17-18-14(15)21)5-4-6-10(11)20-12/h7H,4-6H2,1-3H3,(H,16,19)(H3,15,18,21)/b17-9+. The maximum atomic E-state index is 12.2. The van der Waals surface area contributed by atoms with Gasteiger partial charge in [0.1, 0.15) is 5.76 Å². The lowest BCUT2D eigenvalue weighted by Crippen LogP contribution is -2.30. The molecule has 6 nitrogen and oxygen atoms in total. The maximum Gasteiger partial charge on any atom is 0.287 e. The summed E-state index contributed by atoms with van der Waals surface area (Å²) in [5.74, 6) is 0.966. The van der Waals surface area contributed by atoms with Gasteiger partial charge in [0, 0.05) is 23.6 Å². The summed E-state index contributed by atoms with van der Waals surface area (Å²) in [6, 6.07) is 0.0587. The topological polar surface area (TPSA) is 92.6 Å². The Morgan fingerprint density at radius 1 is 1.43 bits per heavy atom. The normalized spacial score (nSPS) is 15.9. The first-order valence-electron chi connectivity index (χ1n) is 6.95. The molecule has 0 spiro atoms. The van der Waals surface area contributed by atoms with Gasteiger partial charge in [0.05, 0.1) is 5.71 Å². The number of rotatable bonds is 3. The van der Waals surface area contributed by atoms with E-state index in [-0.39, 0.29) is 17.1 Å². The fraction of sp³-hybridized carbons (Fsp3) is 0.500. The average Bonchev–Trinajstić information content (AvgIpc) is 2.74. The number of hydrogen-bond donors (Lipinski definition) is 3. The molecule has 0 saturated heterocycles. The molecule has 0 unspecified atom stereocenters. The van der Waals surface area contributed by atoms with Gasteiger partial charge in [-0.05, 0) is 45.8 Å². The van der Waals surface area contributed by atoms with Gasteiger partial charge in [-0.3, -0.25) is 10.2 Å². The van der Waals surface area contributed by atoms with Crippen molar-refractivity contribution in [3.63, 3.8) is 0 Å². The number of nitrogens with one attached hydrogen (secondary N) is 2. The first-order valence-corrected chi connectivity index (χ1v) is 7.36. The van der Waals surface area contributed by atoms with Gasteiger partial charge in [0.25, 0.3) is 5.91 Å². The van der Waals surface area contributed by atoms with Crippen LogP contribution in [0.3, 0.4) is 0 Å². The van der Waals surface area contributed by atoms with E-state index >= 15 is 0 Å². The summed E-state index contributed by atoms with van der Waals surface area (Å²) < 4.78 is 5.75. The second-order valence-corrected chi connectivity index (χ2v) is 5.81. The zero-order chi connectivity index (χ0) is 15.6. The molecule has 1 aromatic heterocycles. The van der Waals surface area contributed by atoms with Crippen LogP contribution in [0.2, 0.25) is 0 Å². The van der Waals surface area contributed by atoms with Crippen LogP contribution in [0.15, 0.2) is 9.52 Å². The first kappa shape index (κ1) is 15.5. The molecule has 0 atom stereocenters. The summed E-state index contributed by atoms with van der Waals surface area (Å²) in [5.41, 5.74) is 10.6. The largest absolute Gasteiger partial charge is 0.455 e. The van der Waals surface area contributed by atoms with Crippen molar-refractivity contribution in [1.82, 2.24) is 10.7 Å². The summed E-state index contributed by atoms with van der Waals surface area (Å²) in [6.07, 6.45) is 2.52. The quantitative estimate of drug-likeness (QED) is 0.582. The van der Waals surface area contributed by atoms with Gasteiger partial charge in [-0.2, -0.15) is 5.10 Å². The number of nitrogens with two attached hydrogens (primary N) is 1. The van der Waals surface area contributed by atoms with Crippen molar-refractivity contribution in [1.29, 1.82) is 0 Å². The van der Waals surface area contributed by atoms with E-state index in [2.05, 4.69) is 15.8 Å². The fourth-order valence-corrected chi connectivity index (χ4v) is 2.49. The molecule has 7 heteroatoms. The van der Waals surface area contributed by atoms with Gasteiger partial charge in [0.15, 0.2) is 10.9 Å². The van der Waals surface area contributed by atoms with E-state index in [0.29, 0.717) is 5.76 Å². The van der Waals surface area contributed by atoms with Crippen LogP contribution in [0.4, 0.5) is 0 Å². The van der Waals surface area contributed by atoms with Crippen LogP contribution in [0.5, 0.6) is 0 Å². The Bertz CT molecular complexity index is 604. The molecule has 1 aliphatic rings. The fourth-order valence-electron chi connectivity index (χ4n) is 2.45. The Balaban J connectivity index is 2.37. The Morgan fingerprint density at radius 3 is 2.76 bits per heavy atom. The van der Waals surface area contributed by atoms with Crippen LogP contribution in [-0.2, 0) is 6.42 Å². The molecule has 1 heterocycles. The smallest absolute Gasteiger partial charge is 0.287 e. The van der Waals surface area contributed by atoms with E-state index in [0.717, 1.165) is 41.9 Å². The highest BCUT2D eigenvalue weighted by Crippen LogP contribution is 2.29. The van der Waals surface area contributed by atoms with Crippen molar-refractivity contribution in [3.8, 4) is 0 Å². The second kappa shape index (κ2) is 6.26. The van der Waals surface area contributed by atoms with Crippen LogP contribution in [0, 0.1) is 6.92 Å². The number of carbonyl (C=O) groups excluding carboxylic acids is 1. The van der Waals surface area contributed by atoms with Gasteiger partial charge >= 0.3 is 0 Å². The zero-order valence-electron chi connectivity index (χ0n) is 12.4. The van der Waals surface area contributed by atoms with E-state index in [1.807, 2.05) is 20.8 Å². The molecule has 0 aliphatic heterocycles. The molecule has 0 radical (unpaired) electrons. The third-order valence-electron chi connectivity index (χ3n) is 3.25. The summed E-state index contributed by atoms with van der Waals surface area (Å²) in [5, 5.41) is 7.19. The molecule has 1 aliphatic carbocycles. The van der Waals surface area contributed by atoms with Gasteiger partial charge < -0.3 is 15.5 Å². The monoisotopic (exact) mass is 308 g/mol. The van der Waals surface area contributed by atoms with Gasteiger partial charge in [-0.25, -0.2) is 0 Å². The number of nitrogens with zero attached hydrogens (tertiary/aromatic N) is 1. The third-order valence-corrected chi connectivity index (χ3v) is 3.34. The van der Waals surface area contributed by atoms with Crippen LogP contribution in [0.1, 0.15) is 54.1 Å². The zero-order valence-corrected chi connectivity index (χ0v) is 13.3. The van der Waals surface area contributed by atoms with Crippen molar-refractivity contribution in [3.05, 3.63) is 22.6 Å². The minimum atomic E-state index is -0.196. The van der Waals surface area contributed by atoms with E-state index in [1.165, 1.54) is 0 Å². The molecule has 2 rings (SSSR count). The van der Waals surface area contributed by atoms with Crippen molar-refractivity contribution < 1.29 is 9.21 Å². The number of thiocarbonyl (C=S) groups is 1. The molecule has 0 bridgehead atoms. The second-order valence-electron chi connectivity index (χ2n) is 5.37. The van der Waals surface area contributed by atoms with Crippen LogP contribution >= 0.6 is 12.2 Å². The van der Waals surface area contributed by atoms with Crippen molar-refractivity contribution in [2.24, 2.45) is 10.8 Å². The van der Waals surface area contributed by atoms with Crippen LogP contribution < -0.4 is 16.5 Å². The van der Waals surface area contributed by atoms with Crippen LogP contribution in [-0.4, -0.2) is 22.8 Å². The molecule has 0 aromatic carbocycles. The van der Waals surface area contributed by atoms with Crippen molar-refractivity contribution >= 4 is 28.9 Å². The number of aryl methyl sites for hydroxylation is 1. The molecule has 1 amide bonds. The first-order chi connectivity index (χ1) is 9.90. The highest BCUT2D eigenvalue weighted by molar-refractivity contribution is 7.80. The number of amides is 1. The number of hydrogen-bond acceptors (Lipinski definition) is 4. The average molecular weight is 308 g/mol. The molecule has 21 heavy (non-hydrogen) atoms. The van der Waals surface area contributed by atoms with Crippen molar-refractivity contribution in [2.45, 2.75) is 46.1 Å². The Kier molecular flexibility index (Phi) is 4.62. The Hall–Kier alpha value is -1.89. The molecule has 4 N–H and O–H groups in total. The maximum absolute atomic E-state index is 12.2. The van der Waals surface area contributed by atoms with E-state index in [1.54, 1.807) is 0 Å². The van der Waals surface area contributed by atoms with E-state index < -0.39 is 0 Å². The lowest BCUT2D eigenvalue weighted by Gasteiger charge is -2.13. The van der Waals surface area contributed by atoms with E-state index in [4.69, 9.17) is 22.4 Å². The number of furan rings is 1. The number of fused-ring (bicyclic) bond motifs is 1. The summed E-state index contributed by atoms with van der Waals surface area (Å²) in [6.45, 7) is 5.70. The Labute approximate surface area is 129 Å². The highest BCUT2D eigenvalue weighted by Gasteiger charge is 2.28. The lowest BCUT2D eigenvalue weighted by atomic mass is 9.93. The lowest BCUT2D eigenvalue weighted by molar-refractivity contribution is 0.0912. The van der Waals surface area contributed by atoms with Gasteiger partial charge in [-0.15, -0.1) is 0 Å². The molecule has 0 fully saturated rings. The SMILES string of the molecule is Cc1c(C(=O)NC(C)C)oc2c1/C(=N/NC(N)=S)CCC2. The summed E-state index contributed by atoms with van der Waals surface area (Å²) >= 11 is 4.76. The van der Waals surface area contributed by atoms with Gasteiger partial charge in [-0.1, -0.05) is 0 Å². The minimum Gasteiger partial charge on any atom is -0.455 e. The van der Waals surface area contributed by atoms with E-state index in [9.17, 15) is 4.79 Å². The molecule has 0 saturated carbocycles. The van der Waals surface area contributed by atoms with Crippen LogP contribution in [0.25, 0.3) is 0 Å². The molecule has 114 valence electrons. The minimum absolute atomic E-state index is 0.0587. The number of hydrazone groups is 1. The summed E-state index contributed by atoms with van der Waals surface area (Å²) in [4.78, 5) is 12.2. The van der Waals surface area contributed by atoms with Gasteiger partial charge in [0.2, 0.25) is 0 Å². The number of carbonyl (C=O) groups is 1. The third kappa shape index (κ3) is 3.41. The predicted molar refractivity (Wildman–Crippen MR) is 85.4 cm³/mol. The molecular formula is C14H20N4O2S.